The minimum absolute atomic E-state index is 0.0316. The van der Waals surface area contributed by atoms with E-state index >= 15 is 0 Å². The quantitative estimate of drug-likeness (QED) is 0.552. The second-order valence-electron chi connectivity index (χ2n) is 6.13. The lowest BCUT2D eigenvalue weighted by Crippen LogP contribution is -2.46. The van der Waals surface area contributed by atoms with E-state index in [4.69, 9.17) is 0 Å². The third-order valence-corrected chi connectivity index (χ3v) is 4.36. The number of hydrogen-bond acceptors (Lipinski definition) is 4. The van der Waals surface area contributed by atoms with E-state index in [0.717, 1.165) is 12.0 Å². The van der Waals surface area contributed by atoms with E-state index in [-0.39, 0.29) is 18.2 Å². The normalized spacial score (nSPS) is 14.7. The average molecular weight is 323 g/mol. The molecule has 0 saturated heterocycles. The number of nitro groups is 1. The molecule has 7 heteroatoms. The molecule has 2 unspecified atom stereocenters. The predicted molar refractivity (Wildman–Crippen MR) is 89.7 cm³/mol. The molecule has 0 aromatic heterocycles. The van der Waals surface area contributed by atoms with Gasteiger partial charge >= 0.3 is 6.03 Å². The molecule has 0 fully saturated rings. The van der Waals surface area contributed by atoms with Gasteiger partial charge in [-0.15, -0.1) is 0 Å². The van der Waals surface area contributed by atoms with Crippen molar-refractivity contribution in [3.05, 3.63) is 33.4 Å². The summed E-state index contributed by atoms with van der Waals surface area (Å²) in [6, 6.07) is 2.51. The fourth-order valence-corrected chi connectivity index (χ4v) is 2.26. The van der Waals surface area contributed by atoms with Crippen LogP contribution in [0.15, 0.2) is 12.1 Å². The van der Waals surface area contributed by atoms with Crippen molar-refractivity contribution in [2.24, 2.45) is 5.92 Å². The number of aryl methyl sites for hydroxylation is 1. The van der Waals surface area contributed by atoms with E-state index in [1.807, 2.05) is 13.8 Å². The Hall–Kier alpha value is -2.15. The largest absolute Gasteiger partial charge is 0.388 e. The van der Waals surface area contributed by atoms with Crippen molar-refractivity contribution in [2.75, 3.05) is 11.9 Å². The third-order valence-electron chi connectivity index (χ3n) is 4.36. The average Bonchev–Trinajstić information content (AvgIpc) is 2.48. The molecule has 0 bridgehead atoms. The highest BCUT2D eigenvalue weighted by molar-refractivity contribution is 5.91. The van der Waals surface area contributed by atoms with Gasteiger partial charge in [-0.25, -0.2) is 4.79 Å². The van der Waals surface area contributed by atoms with Gasteiger partial charge in [0.25, 0.3) is 5.69 Å². The van der Waals surface area contributed by atoms with Gasteiger partial charge < -0.3 is 15.7 Å². The van der Waals surface area contributed by atoms with Crippen molar-refractivity contribution in [3.63, 3.8) is 0 Å². The van der Waals surface area contributed by atoms with Gasteiger partial charge in [-0.3, -0.25) is 10.1 Å². The summed E-state index contributed by atoms with van der Waals surface area (Å²) in [6.07, 6.45) is 0.791. The van der Waals surface area contributed by atoms with Crippen LogP contribution in [-0.2, 0) is 0 Å². The minimum Gasteiger partial charge on any atom is -0.388 e. The summed E-state index contributed by atoms with van der Waals surface area (Å²) in [6.45, 7) is 9.01. The monoisotopic (exact) mass is 323 g/mol. The summed E-state index contributed by atoms with van der Waals surface area (Å²) in [5, 5.41) is 26.5. The lowest BCUT2D eigenvalue weighted by atomic mass is 9.89. The van der Waals surface area contributed by atoms with E-state index in [2.05, 4.69) is 10.6 Å². The van der Waals surface area contributed by atoms with Crippen LogP contribution in [0.4, 0.5) is 16.2 Å². The van der Waals surface area contributed by atoms with Gasteiger partial charge in [0.15, 0.2) is 0 Å². The lowest BCUT2D eigenvalue weighted by molar-refractivity contribution is -0.385. The number of hydrogen-bond donors (Lipinski definition) is 3. The van der Waals surface area contributed by atoms with Crippen LogP contribution in [0.3, 0.4) is 0 Å². The summed E-state index contributed by atoms with van der Waals surface area (Å²) in [5.41, 5.74) is 0.493. The number of carbonyl (C=O) groups excluding carboxylic acids is 1. The van der Waals surface area contributed by atoms with Gasteiger partial charge in [-0.1, -0.05) is 26.3 Å². The van der Waals surface area contributed by atoms with Crippen LogP contribution in [0, 0.1) is 29.9 Å². The zero-order valence-electron chi connectivity index (χ0n) is 14.3. The standard InChI is InChI=1S/C16H25N3O4/c1-6-11(3)16(5,21)9-17-15(20)18-14-10(2)7-8-13(12(14)4)19(22)23/h7-8,11,21H,6,9H2,1-5H3,(H2,17,18,20). The molecule has 2 atom stereocenters. The first-order valence-electron chi connectivity index (χ1n) is 7.62. The molecular formula is C16H25N3O4. The van der Waals surface area contributed by atoms with Crippen LogP contribution in [0.2, 0.25) is 0 Å². The third kappa shape index (κ3) is 4.66. The molecule has 7 nitrogen and oxygen atoms in total. The summed E-state index contributed by atoms with van der Waals surface area (Å²) >= 11 is 0. The Morgan fingerprint density at radius 2 is 2.04 bits per heavy atom. The molecule has 0 saturated carbocycles. The van der Waals surface area contributed by atoms with Crippen molar-refractivity contribution < 1.29 is 14.8 Å². The molecule has 3 N–H and O–H groups in total. The summed E-state index contributed by atoms with van der Waals surface area (Å²) in [5.74, 6) is 0.0316. The number of amides is 2. The SMILES string of the molecule is CCC(C)C(C)(O)CNC(=O)Nc1c(C)ccc([N+](=O)[O-])c1C. The molecule has 0 radical (unpaired) electrons. The molecule has 128 valence electrons. The molecule has 1 rings (SSSR count). The number of benzene rings is 1. The molecule has 0 aliphatic heterocycles. The van der Waals surface area contributed by atoms with Gasteiger partial charge in [0.2, 0.25) is 0 Å². The van der Waals surface area contributed by atoms with Gasteiger partial charge in [0.1, 0.15) is 0 Å². The smallest absolute Gasteiger partial charge is 0.319 e. The number of nitro benzene ring substituents is 1. The van der Waals surface area contributed by atoms with Crippen LogP contribution in [0.1, 0.15) is 38.3 Å². The first-order valence-corrected chi connectivity index (χ1v) is 7.62. The molecule has 0 heterocycles. The second-order valence-corrected chi connectivity index (χ2v) is 6.13. The fraction of sp³-hybridized carbons (Fsp3) is 0.562. The van der Waals surface area contributed by atoms with Gasteiger partial charge in [-0.05, 0) is 32.3 Å². The number of rotatable bonds is 6. The van der Waals surface area contributed by atoms with Crippen molar-refractivity contribution in [1.82, 2.24) is 5.32 Å². The zero-order valence-corrected chi connectivity index (χ0v) is 14.3. The molecule has 23 heavy (non-hydrogen) atoms. The van der Waals surface area contributed by atoms with E-state index in [9.17, 15) is 20.0 Å². The second kappa shape index (κ2) is 7.41. The van der Waals surface area contributed by atoms with Crippen molar-refractivity contribution in [2.45, 2.75) is 46.6 Å². The highest BCUT2D eigenvalue weighted by atomic mass is 16.6. The van der Waals surface area contributed by atoms with Gasteiger partial charge in [0, 0.05) is 12.6 Å². The Morgan fingerprint density at radius 3 is 2.57 bits per heavy atom. The summed E-state index contributed by atoms with van der Waals surface area (Å²) in [7, 11) is 0. The molecule has 2 amide bonds. The lowest BCUT2D eigenvalue weighted by Gasteiger charge is -2.29. The number of carbonyl (C=O) groups is 1. The van der Waals surface area contributed by atoms with Gasteiger partial charge in [-0.2, -0.15) is 0 Å². The molecule has 0 aliphatic carbocycles. The van der Waals surface area contributed by atoms with Crippen LogP contribution in [0.5, 0.6) is 0 Å². The Kier molecular flexibility index (Phi) is 6.09. The first-order chi connectivity index (χ1) is 10.6. The highest BCUT2D eigenvalue weighted by Crippen LogP contribution is 2.28. The molecule has 1 aromatic carbocycles. The Balaban J connectivity index is 2.83. The summed E-state index contributed by atoms with van der Waals surface area (Å²) < 4.78 is 0. The number of urea groups is 1. The molecule has 0 aliphatic rings. The molecule has 1 aromatic rings. The zero-order chi connectivity index (χ0) is 17.8. The Labute approximate surface area is 136 Å². The topological polar surface area (TPSA) is 104 Å². The van der Waals surface area contributed by atoms with Crippen LogP contribution in [0.25, 0.3) is 0 Å². The van der Waals surface area contributed by atoms with E-state index in [1.54, 1.807) is 26.8 Å². The fourth-order valence-electron chi connectivity index (χ4n) is 2.26. The van der Waals surface area contributed by atoms with E-state index < -0.39 is 16.6 Å². The first kappa shape index (κ1) is 18.9. The van der Waals surface area contributed by atoms with Crippen molar-refractivity contribution in [1.29, 1.82) is 0 Å². The summed E-state index contributed by atoms with van der Waals surface area (Å²) in [4.78, 5) is 22.6. The van der Waals surface area contributed by atoms with Crippen LogP contribution >= 0.6 is 0 Å². The van der Waals surface area contributed by atoms with Gasteiger partial charge in [0.05, 0.1) is 21.8 Å². The van der Waals surface area contributed by atoms with E-state index in [0.29, 0.717) is 11.3 Å². The Bertz CT molecular complexity index is 599. The van der Waals surface area contributed by atoms with Crippen LogP contribution in [-0.4, -0.2) is 28.2 Å². The van der Waals surface area contributed by atoms with Crippen molar-refractivity contribution in [3.8, 4) is 0 Å². The van der Waals surface area contributed by atoms with Crippen LogP contribution < -0.4 is 10.6 Å². The number of aliphatic hydroxyl groups is 1. The molecule has 0 spiro atoms. The molecular weight excluding hydrogens is 298 g/mol. The van der Waals surface area contributed by atoms with E-state index in [1.165, 1.54) is 6.07 Å². The number of nitrogens with one attached hydrogen (secondary N) is 2. The van der Waals surface area contributed by atoms with Crippen molar-refractivity contribution >= 4 is 17.4 Å². The number of nitrogens with zero attached hydrogens (tertiary/aromatic N) is 1. The maximum absolute atomic E-state index is 12.1. The Morgan fingerprint density at radius 1 is 1.43 bits per heavy atom. The maximum Gasteiger partial charge on any atom is 0.319 e. The minimum atomic E-state index is -1.02. The number of anilines is 1. The highest BCUT2D eigenvalue weighted by Gasteiger charge is 2.27. The maximum atomic E-state index is 12.1. The predicted octanol–water partition coefficient (Wildman–Crippen LogP) is 3.13.